The van der Waals surface area contributed by atoms with Crippen molar-refractivity contribution in [2.75, 3.05) is 0 Å². The summed E-state index contributed by atoms with van der Waals surface area (Å²) in [6.45, 7) is 23.4. The van der Waals surface area contributed by atoms with Crippen molar-refractivity contribution in [2.24, 2.45) is 16.7 Å². The Labute approximate surface area is 222 Å². The molecule has 2 heteroatoms. The van der Waals surface area contributed by atoms with E-state index in [1.807, 2.05) is 38.8 Å². The molecular weight excluding hydrogens is 428 g/mol. The maximum Gasteiger partial charge on any atom is 0.119 e. The molecule has 2 atom stereocenters. The fourth-order valence-corrected chi connectivity index (χ4v) is 5.77. The van der Waals surface area contributed by atoms with Gasteiger partial charge in [0.15, 0.2) is 0 Å². The zero-order valence-electron chi connectivity index (χ0n) is 26.2. The van der Waals surface area contributed by atoms with Gasteiger partial charge in [-0.1, -0.05) is 112 Å². The molecule has 0 aliphatic heterocycles. The van der Waals surface area contributed by atoms with Gasteiger partial charge < -0.3 is 9.59 Å². The van der Waals surface area contributed by atoms with E-state index in [9.17, 15) is 4.79 Å². The summed E-state index contributed by atoms with van der Waals surface area (Å²) in [5, 5.41) is 0. The third kappa shape index (κ3) is 14.4. The Kier molecular flexibility index (Phi) is 27.3. The molecule has 2 rings (SSSR count). The molecule has 2 aliphatic carbocycles. The van der Waals surface area contributed by atoms with Gasteiger partial charge in [0.25, 0.3) is 0 Å². The van der Waals surface area contributed by atoms with E-state index in [2.05, 4.69) is 41.5 Å². The fourth-order valence-electron chi connectivity index (χ4n) is 5.77. The largest absolute Gasteiger partial charge is 0.304 e. The molecule has 2 nitrogen and oxygen atoms in total. The lowest BCUT2D eigenvalue weighted by atomic mass is 9.48. The predicted octanol–water partition coefficient (Wildman–Crippen LogP) is 11.3. The molecule has 0 aromatic carbocycles. The Hall–Kier alpha value is -0.920. The third-order valence-electron chi connectivity index (χ3n) is 7.82. The zero-order valence-corrected chi connectivity index (χ0v) is 26.2. The minimum Gasteiger partial charge on any atom is -0.304 e. The highest BCUT2D eigenvalue weighted by molar-refractivity contribution is 5.49. The molecule has 35 heavy (non-hydrogen) atoms. The van der Waals surface area contributed by atoms with E-state index in [1.54, 1.807) is 0 Å². The standard InChI is InChI=1S/C17H28O.C10H22.C2H4O.2C2H6/c1-3-8-14(4-2)15-13-17(11-9-16(15)17)10-6-5-7-12-18;1-5-8-10(4,7-3)9-6-2;1-2-3;2*1-2/h12,14H,3-11,13H2,1-2H3;5-9H2,1-4H3;2H,1H3;2*1-2H3. The minimum atomic E-state index is 0.624. The molecule has 210 valence electrons. The quantitative estimate of drug-likeness (QED) is 0.137. The second-order valence-electron chi connectivity index (χ2n) is 10.2. The van der Waals surface area contributed by atoms with E-state index < -0.39 is 0 Å². The van der Waals surface area contributed by atoms with Crippen molar-refractivity contribution in [2.45, 2.75) is 172 Å². The van der Waals surface area contributed by atoms with Gasteiger partial charge in [-0.2, -0.15) is 0 Å². The molecule has 0 radical (unpaired) electrons. The van der Waals surface area contributed by atoms with Crippen LogP contribution in [0.5, 0.6) is 0 Å². The first-order valence-electron chi connectivity index (χ1n) is 15.4. The van der Waals surface area contributed by atoms with Gasteiger partial charge in [-0.05, 0) is 81.5 Å². The molecule has 1 saturated carbocycles. The Morgan fingerprint density at radius 2 is 1.46 bits per heavy atom. The van der Waals surface area contributed by atoms with Gasteiger partial charge in [0.2, 0.25) is 0 Å². The molecule has 0 bridgehead atoms. The van der Waals surface area contributed by atoms with Crippen LogP contribution in [0.15, 0.2) is 11.1 Å². The molecule has 0 N–H and O–H groups in total. The smallest absolute Gasteiger partial charge is 0.119 e. The van der Waals surface area contributed by atoms with Crippen LogP contribution in [-0.4, -0.2) is 12.6 Å². The summed E-state index contributed by atoms with van der Waals surface area (Å²) in [6, 6.07) is 0. The Morgan fingerprint density at radius 3 is 1.77 bits per heavy atom. The molecule has 2 unspecified atom stereocenters. The van der Waals surface area contributed by atoms with Gasteiger partial charge in [0, 0.05) is 6.42 Å². The van der Waals surface area contributed by atoms with Crippen molar-refractivity contribution in [1.29, 1.82) is 0 Å². The van der Waals surface area contributed by atoms with Gasteiger partial charge in [0.05, 0.1) is 0 Å². The Balaban J connectivity index is -0.000000512. The summed E-state index contributed by atoms with van der Waals surface area (Å²) in [7, 11) is 0. The van der Waals surface area contributed by atoms with Crippen LogP contribution < -0.4 is 0 Å². The van der Waals surface area contributed by atoms with Crippen LogP contribution >= 0.6 is 0 Å². The summed E-state index contributed by atoms with van der Waals surface area (Å²) in [6.07, 6.45) is 21.3. The summed E-state index contributed by atoms with van der Waals surface area (Å²) in [5.41, 5.74) is 4.94. The monoisotopic (exact) mass is 495 g/mol. The summed E-state index contributed by atoms with van der Waals surface area (Å²) >= 11 is 0. The average molecular weight is 495 g/mol. The molecule has 0 saturated heterocycles. The SMILES string of the molecule is CC.CC.CC=O.CCCC(C)(CC)CCC.CCCC(CC)C1=C2CCC2(CCCCC=O)C1. The molecule has 0 heterocycles. The number of rotatable bonds is 14. The minimum absolute atomic E-state index is 0.624. The molecular formula is C33H66O2. The first-order valence-corrected chi connectivity index (χ1v) is 15.4. The first-order chi connectivity index (χ1) is 16.9. The second kappa shape index (κ2) is 24.8. The van der Waals surface area contributed by atoms with Crippen LogP contribution in [0.4, 0.5) is 0 Å². The highest BCUT2D eigenvalue weighted by Crippen LogP contribution is 2.64. The average Bonchev–Trinajstić information content (AvgIpc) is 2.87. The number of carbonyl (C=O) groups is 2. The predicted molar refractivity (Wildman–Crippen MR) is 159 cm³/mol. The summed E-state index contributed by atoms with van der Waals surface area (Å²) < 4.78 is 0. The van der Waals surface area contributed by atoms with E-state index in [0.717, 1.165) is 31.3 Å². The van der Waals surface area contributed by atoms with Crippen LogP contribution in [0, 0.1) is 16.7 Å². The number of allylic oxidation sites excluding steroid dienone is 2. The molecule has 0 amide bonds. The first kappa shape index (κ1) is 38.6. The number of fused-ring (bicyclic) bond motifs is 1. The maximum atomic E-state index is 10.3. The lowest BCUT2D eigenvalue weighted by Gasteiger charge is -2.57. The van der Waals surface area contributed by atoms with Crippen molar-refractivity contribution >= 4 is 12.6 Å². The zero-order chi connectivity index (χ0) is 27.8. The molecule has 0 aromatic rings. The van der Waals surface area contributed by atoms with Crippen molar-refractivity contribution in [3.8, 4) is 0 Å². The van der Waals surface area contributed by atoms with Crippen LogP contribution in [0.1, 0.15) is 172 Å². The third-order valence-corrected chi connectivity index (χ3v) is 7.82. The summed E-state index contributed by atoms with van der Waals surface area (Å²) in [5.74, 6) is 0.883. The van der Waals surface area contributed by atoms with Gasteiger partial charge >= 0.3 is 0 Å². The van der Waals surface area contributed by atoms with Crippen molar-refractivity contribution in [3.05, 3.63) is 11.1 Å². The lowest BCUT2D eigenvalue weighted by Crippen LogP contribution is -2.43. The van der Waals surface area contributed by atoms with E-state index in [0.29, 0.717) is 10.8 Å². The van der Waals surface area contributed by atoms with Crippen LogP contribution in [0.25, 0.3) is 0 Å². The fraction of sp³-hybridized carbons (Fsp3) is 0.879. The van der Waals surface area contributed by atoms with Crippen LogP contribution in [0.3, 0.4) is 0 Å². The number of unbranched alkanes of at least 4 members (excludes halogenated alkanes) is 2. The van der Waals surface area contributed by atoms with E-state index in [1.165, 1.54) is 90.4 Å². The van der Waals surface area contributed by atoms with E-state index in [4.69, 9.17) is 4.79 Å². The summed E-state index contributed by atoms with van der Waals surface area (Å²) in [4.78, 5) is 19.1. The van der Waals surface area contributed by atoms with Gasteiger partial charge in [-0.15, -0.1) is 0 Å². The number of hydrogen-bond acceptors (Lipinski definition) is 2. The number of aldehydes is 2. The molecule has 0 spiro atoms. The highest BCUT2D eigenvalue weighted by Gasteiger charge is 2.51. The maximum absolute atomic E-state index is 10.3. The van der Waals surface area contributed by atoms with Gasteiger partial charge in [0.1, 0.15) is 12.6 Å². The molecule has 2 aliphatic rings. The van der Waals surface area contributed by atoms with Crippen molar-refractivity contribution in [1.82, 2.24) is 0 Å². The Bertz CT molecular complexity index is 513. The highest BCUT2D eigenvalue weighted by atomic mass is 16.1. The molecule has 0 aromatic heterocycles. The molecule has 1 fully saturated rings. The van der Waals surface area contributed by atoms with Crippen molar-refractivity contribution < 1.29 is 9.59 Å². The van der Waals surface area contributed by atoms with Gasteiger partial charge in [-0.3, -0.25) is 0 Å². The van der Waals surface area contributed by atoms with Crippen molar-refractivity contribution in [3.63, 3.8) is 0 Å². The van der Waals surface area contributed by atoms with Crippen LogP contribution in [0.2, 0.25) is 0 Å². The van der Waals surface area contributed by atoms with Gasteiger partial charge in [-0.25, -0.2) is 0 Å². The lowest BCUT2D eigenvalue weighted by molar-refractivity contribution is -0.108. The van der Waals surface area contributed by atoms with E-state index in [-0.39, 0.29) is 0 Å². The normalized spacial score (nSPS) is 18.1. The van der Waals surface area contributed by atoms with E-state index >= 15 is 0 Å². The number of hydrogen-bond donors (Lipinski definition) is 0. The Morgan fingerprint density at radius 1 is 0.914 bits per heavy atom. The topological polar surface area (TPSA) is 34.1 Å². The second-order valence-corrected chi connectivity index (χ2v) is 10.2. The number of carbonyl (C=O) groups excluding carboxylic acids is 2. The van der Waals surface area contributed by atoms with Crippen LogP contribution in [-0.2, 0) is 9.59 Å².